The second kappa shape index (κ2) is 51.8. The maximum Gasteiger partial charge on any atom is 0.472 e. The summed E-state index contributed by atoms with van der Waals surface area (Å²) in [5.41, 5.74) is 0. The molecule has 0 radical (unpaired) electrons. The maximum atomic E-state index is 13.0. The molecule has 0 aliphatic carbocycles. The highest BCUT2D eigenvalue weighted by Gasteiger charge is 2.28. The molecule has 0 saturated carbocycles. The number of phosphoric acid groups is 1. The number of hydrogen-bond donors (Lipinski definition) is 3. The van der Waals surface area contributed by atoms with Gasteiger partial charge in [-0.3, -0.25) is 13.8 Å². The molecule has 0 rings (SSSR count). The van der Waals surface area contributed by atoms with Crippen LogP contribution in [0.3, 0.4) is 0 Å². The number of amides is 1. The quantitative estimate of drug-likeness (QED) is 0.0243. The van der Waals surface area contributed by atoms with Crippen LogP contribution in [0.5, 0.6) is 0 Å². The molecule has 408 valence electrons. The number of likely N-dealkylation sites (N-methyl/N-ethyl adjacent to an activating group) is 1. The van der Waals surface area contributed by atoms with E-state index in [2.05, 4.69) is 92.1 Å². The number of rotatable bonds is 53. The fourth-order valence-electron chi connectivity index (χ4n) is 8.40. The van der Waals surface area contributed by atoms with E-state index in [9.17, 15) is 19.4 Å². The van der Waals surface area contributed by atoms with Crippen molar-refractivity contribution < 1.29 is 32.9 Å². The molecule has 0 aromatic rings. The Hall–Kier alpha value is -2.06. The molecule has 0 aromatic heterocycles. The lowest BCUT2D eigenvalue weighted by Gasteiger charge is -2.26. The van der Waals surface area contributed by atoms with Gasteiger partial charge in [0.1, 0.15) is 13.2 Å². The van der Waals surface area contributed by atoms with E-state index >= 15 is 0 Å². The molecule has 0 fully saturated rings. The van der Waals surface area contributed by atoms with Gasteiger partial charge in [0.15, 0.2) is 0 Å². The van der Waals surface area contributed by atoms with Crippen LogP contribution >= 0.6 is 7.82 Å². The fraction of sp³-hybridized carbons (Fsp3) is 0.787. The van der Waals surface area contributed by atoms with Crippen molar-refractivity contribution in [3.05, 3.63) is 72.9 Å². The third-order valence-corrected chi connectivity index (χ3v) is 14.0. The van der Waals surface area contributed by atoms with Gasteiger partial charge < -0.3 is 19.8 Å². The van der Waals surface area contributed by atoms with E-state index in [0.717, 1.165) is 70.6 Å². The Morgan fingerprint density at radius 1 is 0.500 bits per heavy atom. The molecule has 70 heavy (non-hydrogen) atoms. The van der Waals surface area contributed by atoms with Gasteiger partial charge in [-0.15, -0.1) is 0 Å². The van der Waals surface area contributed by atoms with Crippen LogP contribution in [0.15, 0.2) is 72.9 Å². The smallest absolute Gasteiger partial charge is 0.391 e. The van der Waals surface area contributed by atoms with Gasteiger partial charge in [-0.2, -0.15) is 0 Å². The lowest BCUT2D eigenvalue weighted by atomic mass is 10.0. The van der Waals surface area contributed by atoms with Crippen molar-refractivity contribution in [3.8, 4) is 0 Å². The first kappa shape index (κ1) is 67.9. The molecule has 1 amide bonds. The number of aliphatic hydroxyl groups excluding tert-OH is 1. The van der Waals surface area contributed by atoms with Crippen LogP contribution in [0.1, 0.15) is 258 Å². The number of nitrogens with zero attached hydrogens (tertiary/aromatic N) is 1. The van der Waals surface area contributed by atoms with E-state index in [0.29, 0.717) is 30.3 Å². The van der Waals surface area contributed by atoms with Crippen molar-refractivity contribution in [1.82, 2.24) is 5.32 Å². The number of nitrogens with one attached hydrogen (secondary N) is 1. The van der Waals surface area contributed by atoms with Crippen LogP contribution < -0.4 is 5.32 Å². The Kier molecular flexibility index (Phi) is 50.3. The second-order valence-corrected chi connectivity index (χ2v) is 22.4. The van der Waals surface area contributed by atoms with Gasteiger partial charge in [0.2, 0.25) is 5.91 Å². The summed E-state index contributed by atoms with van der Waals surface area (Å²) in [5.74, 6) is -0.186. The first-order valence-electron chi connectivity index (χ1n) is 29.3. The topological polar surface area (TPSA) is 105 Å². The average molecular weight is 1000 g/mol. The van der Waals surface area contributed by atoms with Crippen LogP contribution in [0.25, 0.3) is 0 Å². The standard InChI is InChI=1S/C61H113N2O6P/c1-6-8-10-12-14-16-18-20-22-24-26-28-29-30-31-32-33-35-36-38-40-42-44-46-48-50-52-54-60(64)59(58-69-70(66,67)68-57-56-63(3,4)5)62-61(65)55-53-51-49-47-45-43-41-39-37-34-27-25-23-21-19-17-15-13-11-9-7-2/h9,11,15,17,21,23,27,34,39,41,45,47,59-60,64H,6-8,10,12-14,16,18-20,22,24-26,28-33,35-38,40,42-44,46,48-58H2,1-5H3,(H-,62,65,66,67)/p+1/b11-9-,17-15-,23-21-,34-27-,41-39-,47-45-. The van der Waals surface area contributed by atoms with Gasteiger partial charge in [-0.25, -0.2) is 4.57 Å². The van der Waals surface area contributed by atoms with Crippen LogP contribution in [0.4, 0.5) is 0 Å². The second-order valence-electron chi connectivity index (χ2n) is 21.0. The van der Waals surface area contributed by atoms with Gasteiger partial charge in [-0.1, -0.05) is 260 Å². The van der Waals surface area contributed by atoms with Crippen LogP contribution in [-0.2, 0) is 18.4 Å². The zero-order chi connectivity index (χ0) is 51.3. The monoisotopic (exact) mass is 1000 g/mol. The van der Waals surface area contributed by atoms with E-state index < -0.39 is 20.0 Å². The third-order valence-electron chi connectivity index (χ3n) is 13.0. The number of allylic oxidation sites excluding steroid dienone is 12. The number of aliphatic hydroxyl groups is 1. The van der Waals surface area contributed by atoms with Crippen molar-refractivity contribution in [2.24, 2.45) is 0 Å². The number of carbonyl (C=O) groups excluding carboxylic acids is 1. The summed E-state index contributed by atoms with van der Waals surface area (Å²) in [5, 5.41) is 14.0. The third kappa shape index (κ3) is 53.7. The van der Waals surface area contributed by atoms with E-state index in [1.165, 1.54) is 154 Å². The highest BCUT2D eigenvalue weighted by atomic mass is 31.2. The molecule has 3 atom stereocenters. The van der Waals surface area contributed by atoms with Gasteiger partial charge in [0.25, 0.3) is 0 Å². The summed E-state index contributed by atoms with van der Waals surface area (Å²) >= 11 is 0. The maximum absolute atomic E-state index is 13.0. The molecule has 8 nitrogen and oxygen atoms in total. The van der Waals surface area contributed by atoms with Crippen molar-refractivity contribution in [3.63, 3.8) is 0 Å². The molecule has 0 aliphatic heterocycles. The first-order valence-corrected chi connectivity index (χ1v) is 30.8. The molecule has 9 heteroatoms. The number of unbranched alkanes of at least 4 members (excludes halogenated alkanes) is 28. The van der Waals surface area contributed by atoms with Crippen molar-refractivity contribution in [2.45, 2.75) is 270 Å². The minimum atomic E-state index is -4.34. The molecular weight excluding hydrogens is 888 g/mol. The lowest BCUT2D eigenvalue weighted by molar-refractivity contribution is -0.870. The van der Waals surface area contributed by atoms with Crippen molar-refractivity contribution in [2.75, 3.05) is 40.9 Å². The number of quaternary nitrogens is 1. The molecule has 0 saturated heterocycles. The first-order chi connectivity index (χ1) is 34.0. The van der Waals surface area contributed by atoms with Crippen molar-refractivity contribution in [1.29, 1.82) is 0 Å². The summed E-state index contributed by atoms with van der Waals surface area (Å²) in [6.45, 7) is 4.76. The molecule has 3 N–H and O–H groups in total. The largest absolute Gasteiger partial charge is 0.472 e. The van der Waals surface area contributed by atoms with E-state index in [1.54, 1.807) is 0 Å². The average Bonchev–Trinajstić information content (AvgIpc) is 3.32. The lowest BCUT2D eigenvalue weighted by Crippen LogP contribution is -2.46. The Labute approximate surface area is 434 Å². The zero-order valence-corrected chi connectivity index (χ0v) is 47.4. The number of hydrogen-bond acceptors (Lipinski definition) is 5. The Balaban J connectivity index is 4.22. The molecule has 0 aliphatic rings. The summed E-state index contributed by atoms with van der Waals surface area (Å²) in [4.78, 5) is 23.3. The minimum absolute atomic E-state index is 0.0627. The zero-order valence-electron chi connectivity index (χ0n) is 46.5. The molecule has 0 aromatic carbocycles. The Morgan fingerprint density at radius 2 is 0.857 bits per heavy atom. The molecular formula is C61H114N2O6P+. The summed E-state index contributed by atoms with van der Waals surface area (Å²) in [6, 6.07) is -0.789. The highest BCUT2D eigenvalue weighted by molar-refractivity contribution is 7.47. The summed E-state index contributed by atoms with van der Waals surface area (Å²) < 4.78 is 23.8. The Morgan fingerprint density at radius 3 is 1.23 bits per heavy atom. The predicted octanol–water partition coefficient (Wildman–Crippen LogP) is 17.9. The normalized spacial score (nSPS) is 14.4. The molecule has 0 spiro atoms. The van der Waals surface area contributed by atoms with Crippen LogP contribution in [0, 0.1) is 0 Å². The van der Waals surface area contributed by atoms with Gasteiger partial charge in [-0.05, 0) is 64.2 Å². The van der Waals surface area contributed by atoms with Gasteiger partial charge in [0, 0.05) is 6.42 Å². The fourth-order valence-corrected chi connectivity index (χ4v) is 9.14. The minimum Gasteiger partial charge on any atom is -0.391 e. The molecule has 0 heterocycles. The highest BCUT2D eigenvalue weighted by Crippen LogP contribution is 2.43. The van der Waals surface area contributed by atoms with Crippen molar-refractivity contribution >= 4 is 13.7 Å². The summed E-state index contributed by atoms with van der Waals surface area (Å²) in [7, 11) is 1.58. The van der Waals surface area contributed by atoms with E-state index in [1.807, 2.05) is 21.1 Å². The number of phosphoric ester groups is 1. The summed E-state index contributed by atoms with van der Waals surface area (Å²) in [6.07, 6.45) is 71.1. The van der Waals surface area contributed by atoms with Crippen LogP contribution in [-0.4, -0.2) is 73.4 Å². The van der Waals surface area contributed by atoms with E-state index in [4.69, 9.17) is 9.05 Å². The molecule has 3 unspecified atom stereocenters. The SMILES string of the molecule is CC/C=C\C/C=C\C/C=C\C/C=C\C/C=C\C/C=C\CCCCC(=O)NC(COP(=O)(O)OCC[N+](C)(C)C)C(O)CCCCCCCCCCCCCCCCCCCCCCCCCCCCC. The van der Waals surface area contributed by atoms with Gasteiger partial charge >= 0.3 is 7.82 Å². The number of carbonyl (C=O) groups is 1. The van der Waals surface area contributed by atoms with Gasteiger partial charge in [0.05, 0.1) is 39.9 Å². The van der Waals surface area contributed by atoms with Crippen LogP contribution in [0.2, 0.25) is 0 Å². The molecule has 0 bridgehead atoms. The van der Waals surface area contributed by atoms with E-state index in [-0.39, 0.29) is 19.1 Å². The predicted molar refractivity (Wildman–Crippen MR) is 304 cm³/mol. The Bertz CT molecular complexity index is 1370.